The molecule has 7 nitrogen and oxygen atoms in total. The number of rotatable bonds is 7. The van der Waals surface area contributed by atoms with Gasteiger partial charge in [-0.2, -0.15) is 0 Å². The molecule has 0 bridgehead atoms. The second-order valence-corrected chi connectivity index (χ2v) is 13.0. The Labute approximate surface area is 265 Å². The number of fused-ring (bicyclic) bond motifs is 2. The van der Waals surface area contributed by atoms with Crippen molar-refractivity contribution in [1.29, 1.82) is 0 Å². The van der Waals surface area contributed by atoms with Crippen LogP contribution in [-0.4, -0.2) is 57.4 Å². The molecule has 4 aliphatic rings. The lowest BCUT2D eigenvalue weighted by Gasteiger charge is -2.37. The van der Waals surface area contributed by atoms with E-state index in [-0.39, 0.29) is 29.7 Å². The van der Waals surface area contributed by atoms with Crippen LogP contribution in [0.15, 0.2) is 52.9 Å². The van der Waals surface area contributed by atoms with Gasteiger partial charge in [0, 0.05) is 79.1 Å². The maximum absolute atomic E-state index is 16.2. The first-order chi connectivity index (χ1) is 21.7. The molecule has 2 fully saturated rings. The highest BCUT2D eigenvalue weighted by Gasteiger charge is 2.40. The monoisotopic (exact) mass is 613 g/mol. The van der Waals surface area contributed by atoms with Crippen LogP contribution in [0.1, 0.15) is 79.9 Å². The van der Waals surface area contributed by atoms with Crippen LogP contribution in [0.4, 0.5) is 10.1 Å². The van der Waals surface area contributed by atoms with E-state index < -0.39 is 0 Å². The molecule has 0 aromatic heterocycles. The van der Waals surface area contributed by atoms with Crippen LogP contribution < -0.4 is 15.5 Å². The van der Waals surface area contributed by atoms with Crippen molar-refractivity contribution in [1.82, 2.24) is 10.6 Å². The number of carbonyl (C=O) groups excluding carboxylic acids is 2. The first-order valence-electron chi connectivity index (χ1n) is 16.3. The maximum Gasteiger partial charge on any atom is 0.251 e. The number of aryl methyl sites for hydroxylation is 1. The normalized spacial score (nSPS) is 19.6. The molecule has 3 aliphatic heterocycles. The van der Waals surface area contributed by atoms with Gasteiger partial charge in [-0.1, -0.05) is 0 Å². The topological polar surface area (TPSA) is 79.9 Å². The number of anilines is 1. The SMILES string of the molecule is CCN(c1cc(-c2cc3c(cc2F)C2(CCOCC2)CC3)cc(C(=O)NCC2=C(C)C=C(C)NC2=C=O)c1C)C1CCOCC1. The molecule has 0 saturated carbocycles. The van der Waals surface area contributed by atoms with E-state index in [9.17, 15) is 9.59 Å². The fraction of sp³-hybridized carbons (Fsp3) is 0.486. The molecule has 2 saturated heterocycles. The standard InChI is InChI=1S/C37H44FN3O4/c1-5-41(28-7-12-44-13-8-28)35-19-27(30-17-26-6-9-37(10-14-45-15-11-37)32(26)20-33(30)38)18-29(25(35)4)36(43)39-21-31-23(2)16-24(3)40-34(31)22-42/h16-20,28,40H,5-15,21H2,1-4H3,(H,39,43). The molecule has 1 spiro atoms. The van der Waals surface area contributed by atoms with Crippen molar-refractivity contribution in [3.63, 3.8) is 0 Å². The zero-order valence-electron chi connectivity index (χ0n) is 26.9. The Morgan fingerprint density at radius 3 is 2.51 bits per heavy atom. The largest absolute Gasteiger partial charge is 0.381 e. The Bertz CT molecular complexity index is 1610. The summed E-state index contributed by atoms with van der Waals surface area (Å²) in [6, 6.07) is 7.94. The van der Waals surface area contributed by atoms with E-state index >= 15 is 4.39 Å². The third-order valence-corrected chi connectivity index (χ3v) is 10.4. The van der Waals surface area contributed by atoms with E-state index in [4.69, 9.17) is 9.47 Å². The van der Waals surface area contributed by atoms with Gasteiger partial charge in [-0.15, -0.1) is 0 Å². The molecule has 1 amide bonds. The number of nitrogens with one attached hydrogen (secondary N) is 2. The molecule has 238 valence electrons. The van der Waals surface area contributed by atoms with Crippen molar-refractivity contribution in [2.24, 2.45) is 0 Å². The van der Waals surface area contributed by atoms with Crippen LogP contribution in [-0.2, 0) is 26.1 Å². The number of amides is 1. The van der Waals surface area contributed by atoms with Crippen molar-refractivity contribution in [2.75, 3.05) is 44.4 Å². The molecule has 0 radical (unpaired) electrons. The predicted octanol–water partition coefficient (Wildman–Crippen LogP) is 6.07. The number of nitrogens with zero attached hydrogens (tertiary/aromatic N) is 1. The number of carbonyl (C=O) groups is 1. The van der Waals surface area contributed by atoms with Crippen molar-refractivity contribution < 1.29 is 23.5 Å². The molecule has 2 N–H and O–H groups in total. The first kappa shape index (κ1) is 31.3. The lowest BCUT2D eigenvalue weighted by Crippen LogP contribution is -2.40. The molecular weight excluding hydrogens is 569 g/mol. The Kier molecular flexibility index (Phi) is 9.00. The van der Waals surface area contributed by atoms with E-state index in [1.807, 2.05) is 44.9 Å². The third-order valence-electron chi connectivity index (χ3n) is 10.4. The van der Waals surface area contributed by atoms with Crippen LogP contribution >= 0.6 is 0 Å². The summed E-state index contributed by atoms with van der Waals surface area (Å²) in [7, 11) is 0. The highest BCUT2D eigenvalue weighted by atomic mass is 19.1. The van der Waals surface area contributed by atoms with Crippen LogP contribution in [0.5, 0.6) is 0 Å². The van der Waals surface area contributed by atoms with Gasteiger partial charge in [0.15, 0.2) is 5.94 Å². The number of allylic oxidation sites excluding steroid dienone is 3. The van der Waals surface area contributed by atoms with Gasteiger partial charge in [-0.3, -0.25) is 4.79 Å². The van der Waals surface area contributed by atoms with Crippen LogP contribution in [0.25, 0.3) is 11.1 Å². The lowest BCUT2D eigenvalue weighted by molar-refractivity contribution is 0.0505. The summed E-state index contributed by atoms with van der Waals surface area (Å²) >= 11 is 0. The van der Waals surface area contributed by atoms with Gasteiger partial charge in [-0.05, 0) is 124 Å². The number of hydrogen-bond acceptors (Lipinski definition) is 6. The van der Waals surface area contributed by atoms with Crippen LogP contribution in [0, 0.1) is 12.7 Å². The van der Waals surface area contributed by atoms with Gasteiger partial charge >= 0.3 is 0 Å². The fourth-order valence-corrected chi connectivity index (χ4v) is 7.84. The summed E-state index contributed by atoms with van der Waals surface area (Å²) in [6.45, 7) is 11.6. The summed E-state index contributed by atoms with van der Waals surface area (Å²) in [5.41, 5.74) is 8.61. The molecule has 2 aromatic rings. The van der Waals surface area contributed by atoms with Crippen molar-refractivity contribution in [3.8, 4) is 11.1 Å². The summed E-state index contributed by atoms with van der Waals surface area (Å²) in [4.78, 5) is 28.0. The van der Waals surface area contributed by atoms with E-state index in [1.165, 1.54) is 5.56 Å². The van der Waals surface area contributed by atoms with Gasteiger partial charge in [0.25, 0.3) is 5.91 Å². The molecule has 0 unspecified atom stereocenters. The average Bonchev–Trinajstić information content (AvgIpc) is 3.37. The van der Waals surface area contributed by atoms with Crippen molar-refractivity contribution in [3.05, 3.63) is 81.0 Å². The molecular formula is C37H44FN3O4. The maximum atomic E-state index is 16.2. The predicted molar refractivity (Wildman–Crippen MR) is 175 cm³/mol. The number of benzene rings is 2. The van der Waals surface area contributed by atoms with Gasteiger partial charge in [0.05, 0.1) is 0 Å². The molecule has 8 heteroatoms. The minimum Gasteiger partial charge on any atom is -0.381 e. The van der Waals surface area contributed by atoms with E-state index in [1.54, 1.807) is 6.07 Å². The number of halogens is 1. The molecule has 1 aliphatic carbocycles. The lowest BCUT2D eigenvalue weighted by atomic mass is 9.75. The second-order valence-electron chi connectivity index (χ2n) is 13.0. The van der Waals surface area contributed by atoms with Gasteiger partial charge in [-0.25, -0.2) is 9.18 Å². The fourth-order valence-electron chi connectivity index (χ4n) is 7.84. The summed E-state index contributed by atoms with van der Waals surface area (Å²) < 4.78 is 27.5. The van der Waals surface area contributed by atoms with Crippen molar-refractivity contribution in [2.45, 2.75) is 77.7 Å². The Morgan fingerprint density at radius 1 is 1.07 bits per heavy atom. The molecule has 45 heavy (non-hydrogen) atoms. The first-order valence-corrected chi connectivity index (χ1v) is 16.3. The molecule has 3 heterocycles. The quantitative estimate of drug-likeness (QED) is 0.369. The van der Waals surface area contributed by atoms with Gasteiger partial charge < -0.3 is 25.0 Å². The molecule has 2 aromatic carbocycles. The van der Waals surface area contributed by atoms with Gasteiger partial charge in [0.1, 0.15) is 11.5 Å². The summed E-state index contributed by atoms with van der Waals surface area (Å²) in [5, 5.41) is 6.09. The summed E-state index contributed by atoms with van der Waals surface area (Å²) in [5.74, 6) is 1.46. The molecule has 6 rings (SSSR count). The highest BCUT2D eigenvalue weighted by Crippen LogP contribution is 2.48. The zero-order chi connectivity index (χ0) is 31.7. The summed E-state index contributed by atoms with van der Waals surface area (Å²) in [6.07, 6.45) is 7.52. The Balaban J connectivity index is 1.40. The van der Waals surface area contributed by atoms with E-state index in [0.717, 1.165) is 73.2 Å². The highest BCUT2D eigenvalue weighted by molar-refractivity contribution is 5.99. The number of ether oxygens (including phenoxy) is 2. The third kappa shape index (κ3) is 5.99. The average molecular weight is 614 g/mol. The Hall–Kier alpha value is -3.71. The second kappa shape index (κ2) is 13.0. The van der Waals surface area contributed by atoms with Crippen molar-refractivity contribution >= 4 is 17.5 Å². The minimum absolute atomic E-state index is 0.00182. The van der Waals surface area contributed by atoms with Crippen LogP contribution in [0.3, 0.4) is 0 Å². The van der Waals surface area contributed by atoms with Crippen LogP contribution in [0.2, 0.25) is 0 Å². The molecule has 0 atom stereocenters. The minimum atomic E-state index is -0.266. The number of hydrogen-bond donors (Lipinski definition) is 2. The smallest absolute Gasteiger partial charge is 0.251 e. The number of dihydropyridines is 1. The Morgan fingerprint density at radius 2 is 1.80 bits per heavy atom. The zero-order valence-corrected chi connectivity index (χ0v) is 26.9. The van der Waals surface area contributed by atoms with E-state index in [2.05, 4.69) is 28.5 Å². The van der Waals surface area contributed by atoms with E-state index in [0.29, 0.717) is 54.4 Å². The van der Waals surface area contributed by atoms with Gasteiger partial charge in [0.2, 0.25) is 0 Å².